The van der Waals surface area contributed by atoms with E-state index >= 15 is 0 Å². The minimum Gasteiger partial charge on any atom is -0.489 e. The first-order chi connectivity index (χ1) is 8.25. The van der Waals surface area contributed by atoms with E-state index in [1.54, 1.807) is 0 Å². The molecule has 1 aliphatic heterocycles. The standard InChI is InChI=1S/C13H10Br2O2/c14-11-5-12(15)13(17-7-8-6-16-8)10-4-2-1-3-9(10)11/h1-5,8H,6-7H2. The molecule has 88 valence electrons. The third-order valence-electron chi connectivity index (χ3n) is 2.72. The minimum absolute atomic E-state index is 0.268. The van der Waals surface area contributed by atoms with Crippen molar-refractivity contribution >= 4 is 42.6 Å². The summed E-state index contributed by atoms with van der Waals surface area (Å²) in [6, 6.07) is 10.2. The van der Waals surface area contributed by atoms with Gasteiger partial charge in [-0.25, -0.2) is 0 Å². The monoisotopic (exact) mass is 356 g/mol. The number of hydrogen-bond donors (Lipinski definition) is 0. The zero-order chi connectivity index (χ0) is 11.8. The van der Waals surface area contributed by atoms with Gasteiger partial charge >= 0.3 is 0 Å². The van der Waals surface area contributed by atoms with E-state index in [4.69, 9.17) is 9.47 Å². The SMILES string of the molecule is Brc1cc(Br)c2ccccc2c1OCC1CO1. The molecule has 2 aromatic rings. The Hall–Kier alpha value is -0.580. The van der Waals surface area contributed by atoms with Crippen molar-refractivity contribution in [2.24, 2.45) is 0 Å². The van der Waals surface area contributed by atoms with Crippen LogP contribution in [0.1, 0.15) is 0 Å². The Morgan fingerprint density at radius 1 is 1.18 bits per heavy atom. The largest absolute Gasteiger partial charge is 0.489 e. The lowest BCUT2D eigenvalue weighted by Crippen LogP contribution is -2.05. The summed E-state index contributed by atoms with van der Waals surface area (Å²) in [6.07, 6.45) is 0.268. The van der Waals surface area contributed by atoms with Gasteiger partial charge in [0.2, 0.25) is 0 Å². The van der Waals surface area contributed by atoms with Crippen LogP contribution in [0.3, 0.4) is 0 Å². The highest BCUT2D eigenvalue weighted by Crippen LogP contribution is 2.38. The second-order valence-corrected chi connectivity index (χ2v) is 5.69. The zero-order valence-corrected chi connectivity index (χ0v) is 12.1. The van der Waals surface area contributed by atoms with Crippen molar-refractivity contribution in [3.63, 3.8) is 0 Å². The lowest BCUT2D eigenvalue weighted by atomic mass is 10.1. The second kappa shape index (κ2) is 4.59. The van der Waals surface area contributed by atoms with E-state index in [-0.39, 0.29) is 6.10 Å². The van der Waals surface area contributed by atoms with Crippen molar-refractivity contribution in [2.45, 2.75) is 6.10 Å². The van der Waals surface area contributed by atoms with Gasteiger partial charge in [-0.05, 0) is 27.4 Å². The minimum atomic E-state index is 0.268. The first-order valence-electron chi connectivity index (χ1n) is 5.37. The van der Waals surface area contributed by atoms with Gasteiger partial charge in [-0.1, -0.05) is 40.2 Å². The van der Waals surface area contributed by atoms with Crippen molar-refractivity contribution in [3.8, 4) is 5.75 Å². The predicted octanol–water partition coefficient (Wildman–Crippen LogP) is 4.14. The Morgan fingerprint density at radius 2 is 1.88 bits per heavy atom. The first kappa shape index (κ1) is 11.5. The van der Waals surface area contributed by atoms with Gasteiger partial charge in [-0.3, -0.25) is 0 Å². The van der Waals surface area contributed by atoms with Crippen LogP contribution in [0.5, 0.6) is 5.75 Å². The lowest BCUT2D eigenvalue weighted by molar-refractivity contribution is 0.264. The normalized spacial score (nSPS) is 18.4. The Labute approximate surface area is 116 Å². The molecule has 4 heteroatoms. The topological polar surface area (TPSA) is 21.8 Å². The molecule has 0 spiro atoms. The van der Waals surface area contributed by atoms with Gasteiger partial charge in [0.1, 0.15) is 18.5 Å². The second-order valence-electron chi connectivity index (χ2n) is 3.98. The van der Waals surface area contributed by atoms with E-state index in [9.17, 15) is 0 Å². The van der Waals surface area contributed by atoms with Crippen LogP contribution < -0.4 is 4.74 Å². The number of halogens is 2. The van der Waals surface area contributed by atoms with E-state index in [0.29, 0.717) is 6.61 Å². The van der Waals surface area contributed by atoms with Gasteiger partial charge in [0.05, 0.1) is 11.1 Å². The van der Waals surface area contributed by atoms with Crippen LogP contribution in [-0.4, -0.2) is 19.3 Å². The fourth-order valence-corrected chi connectivity index (χ4v) is 3.20. The molecule has 1 fully saturated rings. The average molecular weight is 358 g/mol. The van der Waals surface area contributed by atoms with Crippen LogP contribution in [0.4, 0.5) is 0 Å². The molecule has 0 aliphatic carbocycles. The number of ether oxygens (including phenoxy) is 2. The summed E-state index contributed by atoms with van der Waals surface area (Å²) >= 11 is 7.11. The molecule has 0 amide bonds. The number of fused-ring (bicyclic) bond motifs is 1. The number of benzene rings is 2. The van der Waals surface area contributed by atoms with Crippen molar-refractivity contribution in [3.05, 3.63) is 39.3 Å². The summed E-state index contributed by atoms with van der Waals surface area (Å²) in [6.45, 7) is 1.43. The lowest BCUT2D eigenvalue weighted by Gasteiger charge is -2.11. The molecular weight excluding hydrogens is 348 g/mol. The highest BCUT2D eigenvalue weighted by molar-refractivity contribution is 9.11. The number of rotatable bonds is 3. The third kappa shape index (κ3) is 2.34. The molecule has 3 rings (SSSR count). The van der Waals surface area contributed by atoms with Gasteiger partial charge in [-0.2, -0.15) is 0 Å². The third-order valence-corrected chi connectivity index (χ3v) is 3.96. The van der Waals surface area contributed by atoms with Gasteiger partial charge in [0.15, 0.2) is 0 Å². The molecule has 2 nitrogen and oxygen atoms in total. The van der Waals surface area contributed by atoms with Gasteiger partial charge in [0.25, 0.3) is 0 Å². The maximum atomic E-state index is 5.84. The molecule has 0 saturated carbocycles. The van der Waals surface area contributed by atoms with Gasteiger partial charge < -0.3 is 9.47 Å². The molecule has 2 aromatic carbocycles. The van der Waals surface area contributed by atoms with Crippen LogP contribution in [-0.2, 0) is 4.74 Å². The molecule has 1 atom stereocenters. The number of epoxide rings is 1. The Balaban J connectivity index is 2.07. The van der Waals surface area contributed by atoms with Crippen molar-refractivity contribution in [1.29, 1.82) is 0 Å². The molecule has 1 saturated heterocycles. The van der Waals surface area contributed by atoms with Crippen LogP contribution in [0, 0.1) is 0 Å². The van der Waals surface area contributed by atoms with E-state index in [1.165, 1.54) is 0 Å². The highest BCUT2D eigenvalue weighted by Gasteiger charge is 2.24. The quantitative estimate of drug-likeness (QED) is 0.770. The maximum absolute atomic E-state index is 5.84. The van der Waals surface area contributed by atoms with Crippen LogP contribution in [0.15, 0.2) is 39.3 Å². The summed E-state index contributed by atoms with van der Waals surface area (Å²) in [4.78, 5) is 0. The van der Waals surface area contributed by atoms with Crippen molar-refractivity contribution in [1.82, 2.24) is 0 Å². The maximum Gasteiger partial charge on any atom is 0.141 e. The molecule has 1 heterocycles. The fraction of sp³-hybridized carbons (Fsp3) is 0.231. The zero-order valence-electron chi connectivity index (χ0n) is 8.95. The Kier molecular flexibility index (Phi) is 3.11. The van der Waals surface area contributed by atoms with Crippen LogP contribution in [0.2, 0.25) is 0 Å². The van der Waals surface area contributed by atoms with E-state index in [1.807, 2.05) is 18.2 Å². The Morgan fingerprint density at radius 3 is 2.59 bits per heavy atom. The number of hydrogen-bond acceptors (Lipinski definition) is 2. The summed E-state index contributed by atoms with van der Waals surface area (Å²) in [5.74, 6) is 0.888. The molecule has 1 aliphatic rings. The summed E-state index contributed by atoms with van der Waals surface area (Å²) in [7, 11) is 0. The van der Waals surface area contributed by atoms with Gasteiger partial charge in [0, 0.05) is 9.86 Å². The van der Waals surface area contributed by atoms with Crippen molar-refractivity contribution in [2.75, 3.05) is 13.2 Å². The Bertz CT molecular complexity index is 565. The molecule has 0 radical (unpaired) electrons. The molecule has 0 N–H and O–H groups in total. The summed E-state index contributed by atoms with van der Waals surface area (Å²) < 4.78 is 13.0. The average Bonchev–Trinajstić information content (AvgIpc) is 3.13. The summed E-state index contributed by atoms with van der Waals surface area (Å²) in [5.41, 5.74) is 0. The molecule has 0 aromatic heterocycles. The smallest absolute Gasteiger partial charge is 0.141 e. The fourth-order valence-electron chi connectivity index (χ4n) is 1.76. The first-order valence-corrected chi connectivity index (χ1v) is 6.95. The predicted molar refractivity (Wildman–Crippen MR) is 74.6 cm³/mol. The molecule has 1 unspecified atom stereocenters. The highest BCUT2D eigenvalue weighted by atomic mass is 79.9. The van der Waals surface area contributed by atoms with E-state index in [0.717, 1.165) is 32.1 Å². The van der Waals surface area contributed by atoms with Gasteiger partial charge in [-0.15, -0.1) is 0 Å². The van der Waals surface area contributed by atoms with E-state index < -0.39 is 0 Å². The summed E-state index contributed by atoms with van der Waals surface area (Å²) in [5, 5.41) is 2.26. The van der Waals surface area contributed by atoms with Crippen LogP contribution >= 0.6 is 31.9 Å². The van der Waals surface area contributed by atoms with Crippen molar-refractivity contribution < 1.29 is 9.47 Å². The molecule has 17 heavy (non-hydrogen) atoms. The van der Waals surface area contributed by atoms with E-state index in [2.05, 4.69) is 44.0 Å². The molecular formula is C13H10Br2O2. The molecule has 0 bridgehead atoms. The van der Waals surface area contributed by atoms with Crippen LogP contribution in [0.25, 0.3) is 10.8 Å².